The number of nitrogens with one attached hydrogen (secondary N) is 1. The smallest absolute Gasteiger partial charge is 0.274 e. The van der Waals surface area contributed by atoms with Crippen LogP contribution in [0.15, 0.2) is 42.7 Å². The average Bonchev–Trinajstić information content (AvgIpc) is 2.62. The fourth-order valence-corrected chi connectivity index (χ4v) is 2.58. The molecule has 128 valence electrons. The Labute approximate surface area is 144 Å². The number of amides is 1. The molecule has 5 heteroatoms. The quantitative estimate of drug-likeness (QED) is 0.799. The predicted molar refractivity (Wildman–Crippen MR) is 97.0 cm³/mol. The molecule has 1 atom stereocenters. The first-order valence-electron chi connectivity index (χ1n) is 8.58. The maximum absolute atomic E-state index is 12.5. The van der Waals surface area contributed by atoms with Gasteiger partial charge in [0.25, 0.3) is 5.91 Å². The van der Waals surface area contributed by atoms with Gasteiger partial charge in [0.05, 0.1) is 12.4 Å². The van der Waals surface area contributed by atoms with Crippen LogP contribution in [0.5, 0.6) is 0 Å². The van der Waals surface area contributed by atoms with E-state index in [9.17, 15) is 4.79 Å². The summed E-state index contributed by atoms with van der Waals surface area (Å²) in [6.07, 6.45) is 5.06. The lowest BCUT2D eigenvalue weighted by atomic mass is 10.1. The van der Waals surface area contributed by atoms with Gasteiger partial charge < -0.3 is 10.2 Å². The summed E-state index contributed by atoms with van der Waals surface area (Å²) in [5.74, 6) is 0.620. The Morgan fingerprint density at radius 1 is 1.08 bits per heavy atom. The minimum atomic E-state index is -0.0474. The number of hydrogen-bond acceptors (Lipinski definition) is 4. The highest BCUT2D eigenvalue weighted by atomic mass is 16.2. The highest BCUT2D eigenvalue weighted by Crippen LogP contribution is 2.17. The van der Waals surface area contributed by atoms with Crippen molar-refractivity contribution in [3.8, 4) is 0 Å². The molecule has 0 aliphatic rings. The standard InChI is InChI=1S/C19H26N4O/c1-4-11-23(12-5-2)19(24)17-13-21-18(14-20-17)22-15(3)16-9-7-6-8-10-16/h6-10,13-15H,4-5,11-12H2,1-3H3,(H,21,22). The monoisotopic (exact) mass is 326 g/mol. The SMILES string of the molecule is CCCN(CCC)C(=O)c1cnc(NC(C)c2ccccc2)cn1. The van der Waals surface area contributed by atoms with Gasteiger partial charge in [0.1, 0.15) is 11.5 Å². The lowest BCUT2D eigenvalue weighted by molar-refractivity contribution is 0.0749. The molecule has 1 N–H and O–H groups in total. The van der Waals surface area contributed by atoms with Crippen molar-refractivity contribution in [1.82, 2.24) is 14.9 Å². The van der Waals surface area contributed by atoms with Crippen LogP contribution in [0.3, 0.4) is 0 Å². The lowest BCUT2D eigenvalue weighted by Gasteiger charge is -2.21. The normalized spacial score (nSPS) is 11.8. The Bertz CT molecular complexity index is 622. The van der Waals surface area contributed by atoms with Crippen LogP contribution in [0.4, 0.5) is 5.82 Å². The summed E-state index contributed by atoms with van der Waals surface area (Å²) in [7, 11) is 0. The van der Waals surface area contributed by atoms with Crippen molar-refractivity contribution in [3.63, 3.8) is 0 Å². The van der Waals surface area contributed by atoms with E-state index in [1.807, 2.05) is 23.1 Å². The Hall–Kier alpha value is -2.43. The molecular weight excluding hydrogens is 300 g/mol. The van der Waals surface area contributed by atoms with Crippen molar-refractivity contribution in [2.45, 2.75) is 39.7 Å². The topological polar surface area (TPSA) is 58.1 Å². The second-order valence-electron chi connectivity index (χ2n) is 5.86. The molecule has 0 fully saturated rings. The third kappa shape index (κ3) is 4.78. The van der Waals surface area contributed by atoms with Crippen LogP contribution < -0.4 is 5.32 Å². The van der Waals surface area contributed by atoms with Crippen molar-refractivity contribution in [2.75, 3.05) is 18.4 Å². The first-order chi connectivity index (χ1) is 11.7. The predicted octanol–water partition coefficient (Wildman–Crippen LogP) is 3.91. The Morgan fingerprint density at radius 2 is 1.75 bits per heavy atom. The summed E-state index contributed by atoms with van der Waals surface area (Å²) in [5.41, 5.74) is 1.58. The van der Waals surface area contributed by atoms with Gasteiger partial charge in [-0.05, 0) is 25.3 Å². The van der Waals surface area contributed by atoms with E-state index in [0.29, 0.717) is 11.5 Å². The van der Waals surface area contributed by atoms with Crippen LogP contribution in [-0.2, 0) is 0 Å². The third-order valence-electron chi connectivity index (χ3n) is 3.81. The first kappa shape index (κ1) is 17.9. The number of benzene rings is 1. The molecule has 1 heterocycles. The van der Waals surface area contributed by atoms with E-state index in [2.05, 4.69) is 48.2 Å². The Morgan fingerprint density at radius 3 is 2.29 bits per heavy atom. The van der Waals surface area contributed by atoms with E-state index in [1.54, 1.807) is 12.4 Å². The minimum absolute atomic E-state index is 0.0474. The van der Waals surface area contributed by atoms with Crippen LogP contribution in [0.1, 0.15) is 55.7 Å². The molecule has 1 unspecified atom stereocenters. The fraction of sp³-hybridized carbons (Fsp3) is 0.421. The summed E-state index contributed by atoms with van der Waals surface area (Å²) in [5, 5.41) is 3.31. The first-order valence-corrected chi connectivity index (χ1v) is 8.58. The highest BCUT2D eigenvalue weighted by molar-refractivity contribution is 5.92. The molecule has 0 bridgehead atoms. The van der Waals surface area contributed by atoms with E-state index >= 15 is 0 Å². The van der Waals surface area contributed by atoms with Gasteiger partial charge in [0.15, 0.2) is 0 Å². The van der Waals surface area contributed by atoms with Crippen LogP contribution in [0.25, 0.3) is 0 Å². The van der Waals surface area contributed by atoms with Crippen molar-refractivity contribution >= 4 is 11.7 Å². The molecule has 0 spiro atoms. The molecule has 0 saturated heterocycles. The maximum atomic E-state index is 12.5. The summed E-state index contributed by atoms with van der Waals surface area (Å²) in [4.78, 5) is 23.0. The summed E-state index contributed by atoms with van der Waals surface area (Å²) >= 11 is 0. The van der Waals surface area contributed by atoms with Crippen molar-refractivity contribution in [3.05, 3.63) is 54.0 Å². The highest BCUT2D eigenvalue weighted by Gasteiger charge is 2.16. The van der Waals surface area contributed by atoms with Gasteiger partial charge in [-0.3, -0.25) is 4.79 Å². The number of carbonyl (C=O) groups excluding carboxylic acids is 1. The zero-order chi connectivity index (χ0) is 17.4. The number of aromatic nitrogens is 2. The van der Waals surface area contributed by atoms with Crippen LogP contribution in [-0.4, -0.2) is 33.9 Å². The van der Waals surface area contributed by atoms with Crippen LogP contribution in [0.2, 0.25) is 0 Å². The Kier molecular flexibility index (Phi) is 6.73. The van der Waals surface area contributed by atoms with E-state index in [0.717, 1.165) is 25.9 Å². The number of carbonyl (C=O) groups is 1. The zero-order valence-electron chi connectivity index (χ0n) is 14.7. The van der Waals surface area contributed by atoms with E-state index in [4.69, 9.17) is 0 Å². The molecule has 0 aliphatic heterocycles. The molecule has 0 saturated carbocycles. The second-order valence-corrected chi connectivity index (χ2v) is 5.86. The molecule has 2 rings (SSSR count). The van der Waals surface area contributed by atoms with Gasteiger partial charge in [0.2, 0.25) is 0 Å². The molecular formula is C19H26N4O. The molecule has 0 aliphatic carbocycles. The molecule has 1 aromatic heterocycles. The largest absolute Gasteiger partial charge is 0.362 e. The fourth-order valence-electron chi connectivity index (χ4n) is 2.58. The van der Waals surface area contributed by atoms with Gasteiger partial charge in [0, 0.05) is 19.1 Å². The van der Waals surface area contributed by atoms with Crippen molar-refractivity contribution in [1.29, 1.82) is 0 Å². The number of anilines is 1. The second kappa shape index (κ2) is 9.01. The number of rotatable bonds is 8. The average molecular weight is 326 g/mol. The zero-order valence-corrected chi connectivity index (χ0v) is 14.7. The van der Waals surface area contributed by atoms with Crippen molar-refractivity contribution in [2.24, 2.45) is 0 Å². The number of nitrogens with zero attached hydrogens (tertiary/aromatic N) is 3. The van der Waals surface area contributed by atoms with E-state index in [1.165, 1.54) is 5.56 Å². The molecule has 5 nitrogen and oxygen atoms in total. The summed E-state index contributed by atoms with van der Waals surface area (Å²) < 4.78 is 0. The number of hydrogen-bond donors (Lipinski definition) is 1. The molecule has 1 aromatic carbocycles. The minimum Gasteiger partial charge on any atom is -0.362 e. The van der Waals surface area contributed by atoms with Crippen LogP contribution in [0, 0.1) is 0 Å². The summed E-state index contributed by atoms with van der Waals surface area (Å²) in [6.45, 7) is 7.71. The van der Waals surface area contributed by atoms with E-state index in [-0.39, 0.29) is 11.9 Å². The molecule has 24 heavy (non-hydrogen) atoms. The van der Waals surface area contributed by atoms with Crippen LogP contribution >= 0.6 is 0 Å². The van der Waals surface area contributed by atoms with Gasteiger partial charge in [-0.1, -0.05) is 44.2 Å². The lowest BCUT2D eigenvalue weighted by Crippen LogP contribution is -2.33. The third-order valence-corrected chi connectivity index (χ3v) is 3.81. The van der Waals surface area contributed by atoms with Gasteiger partial charge >= 0.3 is 0 Å². The molecule has 1 amide bonds. The van der Waals surface area contributed by atoms with Crippen molar-refractivity contribution < 1.29 is 4.79 Å². The molecule has 2 aromatic rings. The maximum Gasteiger partial charge on any atom is 0.274 e. The Balaban J connectivity index is 2.03. The van der Waals surface area contributed by atoms with E-state index < -0.39 is 0 Å². The molecule has 0 radical (unpaired) electrons. The van der Waals surface area contributed by atoms with Gasteiger partial charge in [-0.25, -0.2) is 9.97 Å². The van der Waals surface area contributed by atoms with Gasteiger partial charge in [-0.2, -0.15) is 0 Å². The van der Waals surface area contributed by atoms with Gasteiger partial charge in [-0.15, -0.1) is 0 Å². The summed E-state index contributed by atoms with van der Waals surface area (Å²) in [6, 6.07) is 10.3.